The molecule has 6 heteroatoms. The monoisotopic (exact) mass is 345 g/mol. The summed E-state index contributed by atoms with van der Waals surface area (Å²) in [7, 11) is 0. The third kappa shape index (κ3) is 4.13. The Morgan fingerprint density at radius 3 is 2.45 bits per heavy atom. The van der Waals surface area contributed by atoms with E-state index in [0.29, 0.717) is 0 Å². The maximum Gasteiger partial charge on any atom is 0.244 e. The van der Waals surface area contributed by atoms with E-state index in [1.165, 1.54) is 12.8 Å². The number of halogens is 2. The predicted octanol–water partition coefficient (Wildman–Crippen LogP) is 2.06. The molecule has 2 unspecified atom stereocenters. The van der Waals surface area contributed by atoms with Crippen LogP contribution >= 0.6 is 24.8 Å². The van der Waals surface area contributed by atoms with Crippen molar-refractivity contribution in [1.29, 1.82) is 0 Å². The smallest absolute Gasteiger partial charge is 0.244 e. The van der Waals surface area contributed by atoms with Gasteiger partial charge >= 0.3 is 0 Å². The van der Waals surface area contributed by atoms with E-state index in [1.54, 1.807) is 6.92 Å². The molecule has 3 N–H and O–H groups in total. The molecule has 2 aliphatic rings. The van der Waals surface area contributed by atoms with Gasteiger partial charge in [-0.05, 0) is 31.7 Å². The summed E-state index contributed by atoms with van der Waals surface area (Å²) < 4.78 is 0. The minimum Gasteiger partial charge on any atom is -0.350 e. The van der Waals surface area contributed by atoms with Crippen LogP contribution in [-0.2, 0) is 10.3 Å². The number of hydrogen-bond acceptors (Lipinski definition) is 3. The summed E-state index contributed by atoms with van der Waals surface area (Å²) in [5, 5.41) is 3.12. The van der Waals surface area contributed by atoms with Gasteiger partial charge in [0.25, 0.3) is 0 Å². The molecule has 0 radical (unpaired) electrons. The molecule has 0 bridgehead atoms. The summed E-state index contributed by atoms with van der Waals surface area (Å²) in [5.74, 6) is -0.0775. The number of carbonyl (C=O) groups is 1. The van der Waals surface area contributed by atoms with Crippen LogP contribution in [0, 0.1) is 0 Å². The number of benzene rings is 1. The zero-order valence-corrected chi connectivity index (χ0v) is 14.5. The third-order valence-corrected chi connectivity index (χ3v) is 4.46. The van der Waals surface area contributed by atoms with Gasteiger partial charge in [-0.25, -0.2) is 0 Å². The van der Waals surface area contributed by atoms with E-state index in [-0.39, 0.29) is 36.8 Å². The number of nitrogens with two attached hydrogens (primary N) is 1. The summed E-state index contributed by atoms with van der Waals surface area (Å²) in [6.45, 7) is 3.86. The number of likely N-dealkylation sites (tertiary alicyclic amines) is 1. The van der Waals surface area contributed by atoms with Gasteiger partial charge in [-0.3, -0.25) is 9.69 Å². The standard InChI is InChI=1S/C16H23N3O.2ClH/c1-16(17,12-5-3-2-4-6-12)15(20)18-13-9-10-19(11-13)14-7-8-14;;/h2-6,13-14H,7-11,17H2,1H3,(H,18,20);2*1H. The van der Waals surface area contributed by atoms with Crippen LogP contribution in [-0.4, -0.2) is 36.0 Å². The number of amides is 1. The maximum absolute atomic E-state index is 12.5. The first-order chi connectivity index (χ1) is 9.57. The van der Waals surface area contributed by atoms with Gasteiger partial charge in [-0.1, -0.05) is 30.3 Å². The van der Waals surface area contributed by atoms with Crippen molar-refractivity contribution in [1.82, 2.24) is 10.2 Å². The number of rotatable bonds is 4. The molecule has 3 rings (SSSR count). The van der Waals surface area contributed by atoms with Crippen molar-refractivity contribution < 1.29 is 4.79 Å². The molecule has 1 aliphatic carbocycles. The molecule has 1 aromatic rings. The average molecular weight is 346 g/mol. The molecule has 0 aromatic heterocycles. The SMILES string of the molecule is CC(N)(C(=O)NC1CCN(C2CC2)C1)c1ccccc1.Cl.Cl. The highest BCUT2D eigenvalue weighted by Crippen LogP contribution is 2.30. The van der Waals surface area contributed by atoms with Crippen LogP contribution in [0.15, 0.2) is 30.3 Å². The first kappa shape index (κ1) is 19.2. The van der Waals surface area contributed by atoms with Crippen LogP contribution in [0.3, 0.4) is 0 Å². The van der Waals surface area contributed by atoms with Crippen molar-refractivity contribution in [3.63, 3.8) is 0 Å². The van der Waals surface area contributed by atoms with Gasteiger partial charge in [0.15, 0.2) is 0 Å². The molecule has 2 atom stereocenters. The quantitative estimate of drug-likeness (QED) is 0.877. The molecule has 124 valence electrons. The average Bonchev–Trinajstić information content (AvgIpc) is 3.20. The number of hydrogen-bond donors (Lipinski definition) is 2. The molecular weight excluding hydrogens is 321 g/mol. The van der Waals surface area contributed by atoms with E-state index in [1.807, 2.05) is 30.3 Å². The van der Waals surface area contributed by atoms with Crippen LogP contribution < -0.4 is 11.1 Å². The van der Waals surface area contributed by atoms with Crippen molar-refractivity contribution in [3.05, 3.63) is 35.9 Å². The largest absolute Gasteiger partial charge is 0.350 e. The van der Waals surface area contributed by atoms with Crippen molar-refractivity contribution in [3.8, 4) is 0 Å². The van der Waals surface area contributed by atoms with E-state index in [9.17, 15) is 4.79 Å². The van der Waals surface area contributed by atoms with E-state index in [2.05, 4.69) is 10.2 Å². The van der Waals surface area contributed by atoms with Crippen LogP contribution in [0.1, 0.15) is 31.7 Å². The second-order valence-corrected chi connectivity index (χ2v) is 6.25. The molecule has 1 heterocycles. The van der Waals surface area contributed by atoms with Gasteiger partial charge in [0, 0.05) is 25.2 Å². The molecule has 1 aromatic carbocycles. The van der Waals surface area contributed by atoms with Crippen LogP contribution in [0.2, 0.25) is 0 Å². The molecule has 1 saturated heterocycles. The Morgan fingerprint density at radius 1 is 1.23 bits per heavy atom. The van der Waals surface area contributed by atoms with Gasteiger partial charge in [0.2, 0.25) is 5.91 Å². The molecule has 22 heavy (non-hydrogen) atoms. The second kappa shape index (κ2) is 7.64. The summed E-state index contributed by atoms with van der Waals surface area (Å²) in [6.07, 6.45) is 3.67. The van der Waals surface area contributed by atoms with Crippen molar-refractivity contribution in [2.75, 3.05) is 13.1 Å². The minimum atomic E-state index is -0.964. The normalized spacial score (nSPS) is 23.8. The second-order valence-electron chi connectivity index (χ2n) is 6.25. The molecule has 4 nitrogen and oxygen atoms in total. The highest BCUT2D eigenvalue weighted by molar-refractivity contribution is 5.87. The van der Waals surface area contributed by atoms with Crippen LogP contribution in [0.4, 0.5) is 0 Å². The third-order valence-electron chi connectivity index (χ3n) is 4.46. The molecule has 0 spiro atoms. The first-order valence-electron chi connectivity index (χ1n) is 7.47. The molecule has 1 aliphatic heterocycles. The number of nitrogens with one attached hydrogen (secondary N) is 1. The highest BCUT2D eigenvalue weighted by atomic mass is 35.5. The molecule has 1 amide bonds. The summed E-state index contributed by atoms with van der Waals surface area (Å²) in [6, 6.07) is 10.6. The Kier molecular flexibility index (Phi) is 6.68. The zero-order chi connectivity index (χ0) is 14.2. The molecular formula is C16H25Cl2N3O. The predicted molar refractivity (Wildman–Crippen MR) is 93.6 cm³/mol. The Hall–Kier alpha value is -0.810. The highest BCUT2D eigenvalue weighted by Gasteiger charge is 2.37. The number of nitrogens with zero attached hydrogens (tertiary/aromatic N) is 1. The minimum absolute atomic E-state index is 0. The maximum atomic E-state index is 12.5. The number of carbonyl (C=O) groups excluding carboxylic acids is 1. The summed E-state index contributed by atoms with van der Waals surface area (Å²) in [5.41, 5.74) is 6.13. The van der Waals surface area contributed by atoms with E-state index < -0.39 is 5.54 Å². The van der Waals surface area contributed by atoms with Gasteiger partial charge < -0.3 is 11.1 Å². The fourth-order valence-electron chi connectivity index (χ4n) is 2.93. The van der Waals surface area contributed by atoms with Gasteiger partial charge in [-0.2, -0.15) is 0 Å². The Morgan fingerprint density at radius 2 is 1.86 bits per heavy atom. The Labute approximate surface area is 144 Å². The van der Waals surface area contributed by atoms with E-state index >= 15 is 0 Å². The van der Waals surface area contributed by atoms with Crippen molar-refractivity contribution in [2.24, 2.45) is 5.73 Å². The fraction of sp³-hybridized carbons (Fsp3) is 0.562. The van der Waals surface area contributed by atoms with E-state index in [4.69, 9.17) is 5.73 Å². The van der Waals surface area contributed by atoms with Crippen molar-refractivity contribution in [2.45, 2.75) is 43.8 Å². The lowest BCUT2D eigenvalue weighted by Gasteiger charge is -2.26. The molecule has 1 saturated carbocycles. The Balaban J connectivity index is 0.00000121. The van der Waals surface area contributed by atoms with Crippen molar-refractivity contribution >= 4 is 30.7 Å². The Bertz CT molecular complexity index is 491. The lowest BCUT2D eigenvalue weighted by atomic mass is 9.92. The zero-order valence-electron chi connectivity index (χ0n) is 12.8. The van der Waals surface area contributed by atoms with Crippen LogP contribution in [0.25, 0.3) is 0 Å². The van der Waals surface area contributed by atoms with Gasteiger partial charge in [0.1, 0.15) is 5.54 Å². The summed E-state index contributed by atoms with van der Waals surface area (Å²) >= 11 is 0. The lowest BCUT2D eigenvalue weighted by Crippen LogP contribution is -2.52. The first-order valence-corrected chi connectivity index (χ1v) is 7.47. The topological polar surface area (TPSA) is 58.4 Å². The fourth-order valence-corrected chi connectivity index (χ4v) is 2.93. The molecule has 2 fully saturated rings. The van der Waals surface area contributed by atoms with E-state index in [0.717, 1.165) is 31.1 Å². The summed E-state index contributed by atoms with van der Waals surface area (Å²) in [4.78, 5) is 14.9. The lowest BCUT2D eigenvalue weighted by molar-refractivity contribution is -0.126. The van der Waals surface area contributed by atoms with Gasteiger partial charge in [-0.15, -0.1) is 24.8 Å². The van der Waals surface area contributed by atoms with Crippen LogP contribution in [0.5, 0.6) is 0 Å². The van der Waals surface area contributed by atoms with Gasteiger partial charge in [0.05, 0.1) is 0 Å².